The molecular formula is C12H16N2O2S. The molecule has 0 N–H and O–H groups in total. The number of amides is 1. The molecule has 0 fully saturated rings. The van der Waals surface area contributed by atoms with Crippen LogP contribution in [0.5, 0.6) is 0 Å². The first-order valence-corrected chi connectivity index (χ1v) is 6.22. The maximum absolute atomic E-state index is 12.1. The molecule has 0 atom stereocenters. The van der Waals surface area contributed by atoms with Crippen LogP contribution in [0.4, 0.5) is 0 Å². The van der Waals surface area contributed by atoms with Crippen molar-refractivity contribution in [2.45, 2.75) is 13.3 Å². The van der Waals surface area contributed by atoms with Gasteiger partial charge in [0.25, 0.3) is 5.91 Å². The summed E-state index contributed by atoms with van der Waals surface area (Å²) in [4.78, 5) is 15.6. The van der Waals surface area contributed by atoms with E-state index in [1.54, 1.807) is 12.0 Å². The molecule has 0 unspecified atom stereocenters. The van der Waals surface area contributed by atoms with Gasteiger partial charge in [-0.2, -0.15) is 5.26 Å². The molecule has 1 heterocycles. The van der Waals surface area contributed by atoms with Crippen molar-refractivity contribution >= 4 is 17.2 Å². The van der Waals surface area contributed by atoms with Gasteiger partial charge in [0, 0.05) is 25.1 Å². The van der Waals surface area contributed by atoms with Crippen LogP contribution in [0.15, 0.2) is 12.1 Å². The molecule has 0 aliphatic heterocycles. The Morgan fingerprint density at radius 3 is 2.82 bits per heavy atom. The van der Waals surface area contributed by atoms with Gasteiger partial charge in [-0.1, -0.05) is 0 Å². The first kappa shape index (κ1) is 13.7. The van der Waals surface area contributed by atoms with E-state index in [1.807, 2.05) is 19.1 Å². The van der Waals surface area contributed by atoms with Crippen molar-refractivity contribution in [3.05, 3.63) is 21.9 Å². The van der Waals surface area contributed by atoms with Gasteiger partial charge in [-0.3, -0.25) is 4.79 Å². The van der Waals surface area contributed by atoms with E-state index in [4.69, 9.17) is 10.00 Å². The van der Waals surface area contributed by atoms with Crippen LogP contribution in [0.3, 0.4) is 0 Å². The normalized spacial score (nSPS) is 9.94. The first-order valence-electron chi connectivity index (χ1n) is 5.40. The number of rotatable bonds is 6. The summed E-state index contributed by atoms with van der Waals surface area (Å²) in [5, 5.41) is 8.58. The van der Waals surface area contributed by atoms with Crippen molar-refractivity contribution in [1.82, 2.24) is 4.90 Å². The van der Waals surface area contributed by atoms with Crippen molar-refractivity contribution in [1.29, 1.82) is 5.26 Å². The molecule has 1 aromatic heterocycles. The molecular weight excluding hydrogens is 236 g/mol. The zero-order valence-corrected chi connectivity index (χ0v) is 10.9. The van der Waals surface area contributed by atoms with Crippen molar-refractivity contribution in [2.75, 3.05) is 26.8 Å². The summed E-state index contributed by atoms with van der Waals surface area (Å²) < 4.78 is 4.97. The minimum atomic E-state index is -0.0181. The number of hydrogen-bond acceptors (Lipinski definition) is 4. The number of thiophene rings is 1. The molecule has 0 spiro atoms. The second kappa shape index (κ2) is 7.05. The minimum Gasteiger partial charge on any atom is -0.383 e. The maximum Gasteiger partial charge on any atom is 0.264 e. The summed E-state index contributed by atoms with van der Waals surface area (Å²) in [6.07, 6.45) is 0.347. The third-order valence-corrected chi connectivity index (χ3v) is 3.29. The SMILES string of the molecule is COCCN(CCC#N)C(=O)c1ccc(C)s1. The zero-order valence-electron chi connectivity index (χ0n) is 10.1. The number of aryl methyl sites for hydroxylation is 1. The highest BCUT2D eigenvalue weighted by Gasteiger charge is 2.16. The number of carbonyl (C=O) groups excluding carboxylic acids is 1. The highest BCUT2D eigenvalue weighted by Crippen LogP contribution is 2.17. The molecule has 17 heavy (non-hydrogen) atoms. The Bertz CT molecular complexity index is 409. The summed E-state index contributed by atoms with van der Waals surface area (Å²) in [5.74, 6) is -0.0181. The lowest BCUT2D eigenvalue weighted by atomic mass is 10.3. The predicted molar refractivity (Wildman–Crippen MR) is 67.1 cm³/mol. The van der Waals surface area contributed by atoms with Crippen molar-refractivity contribution in [2.24, 2.45) is 0 Å². The average molecular weight is 252 g/mol. The van der Waals surface area contributed by atoms with Crippen LogP contribution in [0.25, 0.3) is 0 Å². The van der Waals surface area contributed by atoms with Gasteiger partial charge in [0.05, 0.1) is 24.0 Å². The zero-order chi connectivity index (χ0) is 12.7. The lowest BCUT2D eigenvalue weighted by molar-refractivity contribution is 0.0704. The number of ether oxygens (including phenoxy) is 1. The summed E-state index contributed by atoms with van der Waals surface area (Å²) in [6.45, 7) is 3.43. The Morgan fingerprint density at radius 1 is 1.53 bits per heavy atom. The number of methoxy groups -OCH3 is 1. The van der Waals surface area contributed by atoms with Gasteiger partial charge in [0.2, 0.25) is 0 Å². The Morgan fingerprint density at radius 2 is 2.29 bits per heavy atom. The van der Waals surface area contributed by atoms with Crippen LogP contribution in [0.1, 0.15) is 21.0 Å². The number of hydrogen-bond donors (Lipinski definition) is 0. The second-order valence-electron chi connectivity index (χ2n) is 3.60. The number of nitrogens with zero attached hydrogens (tertiary/aromatic N) is 2. The first-order chi connectivity index (χ1) is 8.19. The summed E-state index contributed by atoms with van der Waals surface area (Å²) in [7, 11) is 1.60. The molecule has 92 valence electrons. The largest absolute Gasteiger partial charge is 0.383 e. The molecule has 1 rings (SSSR count). The van der Waals surface area contributed by atoms with Crippen LogP contribution in [0.2, 0.25) is 0 Å². The monoisotopic (exact) mass is 252 g/mol. The predicted octanol–water partition coefficient (Wildman–Crippen LogP) is 2.06. The number of carbonyl (C=O) groups is 1. The van der Waals surface area contributed by atoms with Gasteiger partial charge in [-0.05, 0) is 19.1 Å². The van der Waals surface area contributed by atoms with Crippen molar-refractivity contribution in [3.63, 3.8) is 0 Å². The van der Waals surface area contributed by atoms with E-state index < -0.39 is 0 Å². The van der Waals surface area contributed by atoms with Crippen LogP contribution in [0, 0.1) is 18.3 Å². The number of nitriles is 1. The molecule has 5 heteroatoms. The smallest absolute Gasteiger partial charge is 0.264 e. The van der Waals surface area contributed by atoms with Crippen LogP contribution in [-0.2, 0) is 4.74 Å². The molecule has 0 saturated heterocycles. The van der Waals surface area contributed by atoms with Gasteiger partial charge in [-0.25, -0.2) is 0 Å². The molecule has 1 amide bonds. The van der Waals surface area contributed by atoms with Gasteiger partial charge in [0.1, 0.15) is 0 Å². The van der Waals surface area contributed by atoms with Crippen LogP contribution >= 0.6 is 11.3 Å². The fraction of sp³-hybridized carbons (Fsp3) is 0.500. The van der Waals surface area contributed by atoms with E-state index in [1.165, 1.54) is 11.3 Å². The van der Waals surface area contributed by atoms with E-state index in [0.717, 1.165) is 9.75 Å². The third-order valence-electron chi connectivity index (χ3n) is 2.30. The lowest BCUT2D eigenvalue weighted by Gasteiger charge is -2.20. The Hall–Kier alpha value is -1.38. The highest BCUT2D eigenvalue weighted by molar-refractivity contribution is 7.13. The van der Waals surface area contributed by atoms with E-state index in [9.17, 15) is 4.79 Å². The quantitative estimate of drug-likeness (QED) is 0.778. The molecule has 0 radical (unpaired) electrons. The molecule has 0 aromatic carbocycles. The Kier molecular flexibility index (Phi) is 5.67. The molecule has 0 saturated carbocycles. The van der Waals surface area contributed by atoms with E-state index in [-0.39, 0.29) is 5.91 Å². The van der Waals surface area contributed by atoms with Gasteiger partial charge in [-0.15, -0.1) is 11.3 Å². The molecule has 0 aliphatic carbocycles. The average Bonchev–Trinajstić information content (AvgIpc) is 2.75. The Balaban J connectivity index is 2.68. The highest BCUT2D eigenvalue weighted by atomic mass is 32.1. The summed E-state index contributed by atoms with van der Waals surface area (Å²) in [6, 6.07) is 5.81. The fourth-order valence-corrected chi connectivity index (χ4v) is 2.24. The van der Waals surface area contributed by atoms with Gasteiger partial charge in [0.15, 0.2) is 0 Å². The van der Waals surface area contributed by atoms with E-state index >= 15 is 0 Å². The fourth-order valence-electron chi connectivity index (χ4n) is 1.41. The van der Waals surface area contributed by atoms with Crippen LogP contribution in [-0.4, -0.2) is 37.6 Å². The third kappa shape index (κ3) is 4.17. The van der Waals surface area contributed by atoms with E-state index in [0.29, 0.717) is 26.1 Å². The second-order valence-corrected chi connectivity index (χ2v) is 4.89. The summed E-state index contributed by atoms with van der Waals surface area (Å²) in [5.41, 5.74) is 0. The van der Waals surface area contributed by atoms with Crippen molar-refractivity contribution in [3.8, 4) is 6.07 Å². The van der Waals surface area contributed by atoms with Gasteiger partial charge >= 0.3 is 0 Å². The summed E-state index contributed by atoms with van der Waals surface area (Å²) >= 11 is 1.48. The minimum absolute atomic E-state index is 0.0181. The topological polar surface area (TPSA) is 53.3 Å². The van der Waals surface area contributed by atoms with Crippen LogP contribution < -0.4 is 0 Å². The standard InChI is InChI=1S/C12H16N2O2S/c1-10-4-5-11(17-10)12(15)14(7-3-6-13)8-9-16-2/h4-5H,3,7-9H2,1-2H3. The lowest BCUT2D eigenvalue weighted by Crippen LogP contribution is -2.34. The van der Waals surface area contributed by atoms with E-state index in [2.05, 4.69) is 6.07 Å². The Labute approximate surface area is 105 Å². The molecule has 0 bridgehead atoms. The van der Waals surface area contributed by atoms with Crippen molar-refractivity contribution < 1.29 is 9.53 Å². The molecule has 4 nitrogen and oxygen atoms in total. The maximum atomic E-state index is 12.1. The molecule has 1 aromatic rings. The van der Waals surface area contributed by atoms with Gasteiger partial charge < -0.3 is 9.64 Å². The molecule has 0 aliphatic rings.